The van der Waals surface area contributed by atoms with Crippen LogP contribution in [0.2, 0.25) is 0 Å². The summed E-state index contributed by atoms with van der Waals surface area (Å²) in [7, 11) is 0. The first-order chi connectivity index (χ1) is 13.6. The number of rotatable bonds is 6. The van der Waals surface area contributed by atoms with Crippen molar-refractivity contribution in [3.05, 3.63) is 89.0 Å². The normalized spacial score (nSPS) is 12.3. The van der Waals surface area contributed by atoms with Gasteiger partial charge in [0, 0.05) is 40.6 Å². The van der Waals surface area contributed by atoms with Gasteiger partial charge in [0.2, 0.25) is 0 Å². The number of phenolic OH excluding ortho intramolecular Hbond substituents is 1. The van der Waals surface area contributed by atoms with Gasteiger partial charge in [0.05, 0.1) is 13.1 Å². The SMILES string of the molecule is C=C(O)/C(C=NCCN=Cc1c(O)ccc2ccccc12)=c1/ccccc1=C.[Cu]. The molecule has 4 nitrogen and oxygen atoms in total. The van der Waals surface area contributed by atoms with Gasteiger partial charge in [-0.1, -0.05) is 67.8 Å². The number of nitrogens with zero attached hydrogens (tertiary/aromatic N) is 2. The van der Waals surface area contributed by atoms with Crippen LogP contribution in [0.5, 0.6) is 5.75 Å². The Labute approximate surface area is 180 Å². The van der Waals surface area contributed by atoms with E-state index in [1.165, 1.54) is 0 Å². The summed E-state index contributed by atoms with van der Waals surface area (Å²) in [6.45, 7) is 8.47. The molecule has 0 aliphatic rings. The van der Waals surface area contributed by atoms with Gasteiger partial charge in [-0.2, -0.15) is 0 Å². The molecule has 3 rings (SSSR count). The summed E-state index contributed by atoms with van der Waals surface area (Å²) in [5, 5.41) is 23.6. The largest absolute Gasteiger partial charge is 0.508 e. The number of aliphatic imine (C=N–C) groups is 2. The van der Waals surface area contributed by atoms with Crippen molar-refractivity contribution >= 4 is 35.4 Å². The van der Waals surface area contributed by atoms with Gasteiger partial charge in [-0.3, -0.25) is 9.98 Å². The second-order valence-corrected chi connectivity index (χ2v) is 6.31. The van der Waals surface area contributed by atoms with Gasteiger partial charge >= 0.3 is 0 Å². The van der Waals surface area contributed by atoms with Crippen LogP contribution in [0.15, 0.2) is 83.0 Å². The Morgan fingerprint density at radius 3 is 2.38 bits per heavy atom. The Morgan fingerprint density at radius 1 is 0.931 bits per heavy atom. The van der Waals surface area contributed by atoms with Gasteiger partial charge in [0.25, 0.3) is 0 Å². The first-order valence-electron chi connectivity index (χ1n) is 8.95. The Hall–Kier alpha value is -3.14. The summed E-state index contributed by atoms with van der Waals surface area (Å²) in [5.41, 5.74) is 1.24. The van der Waals surface area contributed by atoms with Gasteiger partial charge in [-0.25, -0.2) is 0 Å². The standard InChI is InChI=1S/C24H22N2O2.Cu/c1-17-7-3-5-9-20(17)22(18(2)27)15-25-13-14-26-16-23-21-10-6-4-8-19(21)11-12-24(23)28;/h3-12,15-16,27-28H,1-2,13-14H2;/b22-20-,25-15?,26-16?;. The number of phenols is 1. The monoisotopic (exact) mass is 433 g/mol. The first kappa shape index (κ1) is 22.2. The zero-order valence-electron chi connectivity index (χ0n) is 15.8. The molecule has 151 valence electrons. The van der Waals surface area contributed by atoms with Gasteiger partial charge < -0.3 is 10.2 Å². The molecular weight excluding hydrogens is 412 g/mol. The van der Waals surface area contributed by atoms with Crippen molar-refractivity contribution in [2.24, 2.45) is 9.98 Å². The molecule has 0 bridgehead atoms. The van der Waals surface area contributed by atoms with E-state index in [0.29, 0.717) is 24.2 Å². The molecule has 0 spiro atoms. The van der Waals surface area contributed by atoms with E-state index >= 15 is 0 Å². The molecule has 0 saturated carbocycles. The average Bonchev–Trinajstić information content (AvgIpc) is 2.69. The van der Waals surface area contributed by atoms with Crippen molar-refractivity contribution in [1.82, 2.24) is 0 Å². The van der Waals surface area contributed by atoms with Crippen molar-refractivity contribution in [1.29, 1.82) is 0 Å². The molecule has 0 aromatic heterocycles. The van der Waals surface area contributed by atoms with E-state index < -0.39 is 0 Å². The number of hydrogen-bond acceptors (Lipinski definition) is 4. The summed E-state index contributed by atoms with van der Waals surface area (Å²) >= 11 is 0. The minimum Gasteiger partial charge on any atom is -0.508 e. The second-order valence-electron chi connectivity index (χ2n) is 6.31. The number of aromatic hydroxyl groups is 1. The third-order valence-electron chi connectivity index (χ3n) is 4.37. The van der Waals surface area contributed by atoms with E-state index in [1.807, 2.05) is 54.6 Å². The molecule has 0 heterocycles. The number of aliphatic hydroxyl groups excluding tert-OH is 1. The number of fused-ring (bicyclic) bond motifs is 1. The first-order valence-corrected chi connectivity index (χ1v) is 8.95. The molecule has 2 N–H and O–H groups in total. The van der Waals surface area contributed by atoms with Gasteiger partial charge in [-0.05, 0) is 27.3 Å². The smallest absolute Gasteiger partial charge is 0.124 e. The molecule has 29 heavy (non-hydrogen) atoms. The average molecular weight is 434 g/mol. The van der Waals surface area contributed by atoms with Crippen molar-refractivity contribution < 1.29 is 27.3 Å². The minimum absolute atomic E-state index is 0. The van der Waals surface area contributed by atoms with E-state index in [2.05, 4.69) is 23.1 Å². The van der Waals surface area contributed by atoms with Crippen molar-refractivity contribution in [2.75, 3.05) is 13.1 Å². The number of benzene rings is 3. The summed E-state index contributed by atoms with van der Waals surface area (Å²) in [6.07, 6.45) is 3.27. The van der Waals surface area contributed by atoms with Crippen LogP contribution < -0.4 is 10.4 Å². The Balaban J connectivity index is 0.00000300. The van der Waals surface area contributed by atoms with Gasteiger partial charge in [0.15, 0.2) is 0 Å². The molecule has 0 fully saturated rings. The molecule has 0 atom stereocenters. The molecule has 5 heteroatoms. The molecule has 0 aliphatic heterocycles. The second kappa shape index (κ2) is 10.4. The fraction of sp³-hybridized carbons (Fsp3) is 0.0833. The quantitative estimate of drug-likeness (QED) is 0.271. The van der Waals surface area contributed by atoms with Crippen LogP contribution in [0.4, 0.5) is 0 Å². The molecule has 1 radical (unpaired) electrons. The van der Waals surface area contributed by atoms with Gasteiger partial charge in [0.1, 0.15) is 11.5 Å². The Morgan fingerprint density at radius 2 is 1.62 bits per heavy atom. The topological polar surface area (TPSA) is 65.2 Å². The molecule has 0 saturated heterocycles. The van der Waals surface area contributed by atoms with Gasteiger partial charge in [-0.15, -0.1) is 0 Å². The van der Waals surface area contributed by atoms with Crippen LogP contribution in [-0.2, 0) is 17.1 Å². The summed E-state index contributed by atoms with van der Waals surface area (Å²) < 4.78 is 0. The maximum absolute atomic E-state index is 10.1. The van der Waals surface area contributed by atoms with Crippen LogP contribution in [0.25, 0.3) is 22.9 Å². The number of aliphatic hydroxyl groups is 1. The third kappa shape index (κ3) is 5.44. The minimum atomic E-state index is -0.0518. The Kier molecular flexibility index (Phi) is 7.96. The van der Waals surface area contributed by atoms with Crippen molar-refractivity contribution in [3.63, 3.8) is 0 Å². The zero-order valence-corrected chi connectivity index (χ0v) is 16.8. The van der Waals surface area contributed by atoms with E-state index in [4.69, 9.17) is 0 Å². The predicted octanol–water partition coefficient (Wildman–Crippen LogP) is 3.37. The van der Waals surface area contributed by atoms with Crippen molar-refractivity contribution in [2.45, 2.75) is 0 Å². The maximum atomic E-state index is 10.1. The summed E-state index contributed by atoms with van der Waals surface area (Å²) in [5.74, 6) is 0.147. The van der Waals surface area contributed by atoms with Crippen molar-refractivity contribution in [3.8, 4) is 5.75 Å². The molecule has 0 unspecified atom stereocenters. The maximum Gasteiger partial charge on any atom is 0.124 e. The number of allylic oxidation sites excluding steroid dienone is 1. The number of hydrogen-bond donors (Lipinski definition) is 2. The molecule has 0 amide bonds. The van der Waals surface area contributed by atoms with Crippen LogP contribution in [0.3, 0.4) is 0 Å². The third-order valence-corrected chi connectivity index (χ3v) is 4.37. The fourth-order valence-corrected chi connectivity index (χ4v) is 2.93. The summed E-state index contributed by atoms with van der Waals surface area (Å²) in [4.78, 5) is 8.72. The predicted molar refractivity (Wildman–Crippen MR) is 118 cm³/mol. The van der Waals surface area contributed by atoms with Crippen LogP contribution >= 0.6 is 0 Å². The van der Waals surface area contributed by atoms with Crippen LogP contribution in [0.1, 0.15) is 5.56 Å². The molecule has 3 aromatic rings. The van der Waals surface area contributed by atoms with Crippen LogP contribution in [0, 0.1) is 0 Å². The molecule has 0 aliphatic carbocycles. The van der Waals surface area contributed by atoms with E-state index in [9.17, 15) is 10.2 Å². The Bertz CT molecular complexity index is 1180. The fourth-order valence-electron chi connectivity index (χ4n) is 2.93. The molecular formula is C24H22CuN2O2. The van der Waals surface area contributed by atoms with E-state index in [1.54, 1.807) is 18.5 Å². The molecule has 3 aromatic carbocycles. The van der Waals surface area contributed by atoms with E-state index in [0.717, 1.165) is 21.2 Å². The summed E-state index contributed by atoms with van der Waals surface area (Å²) in [6, 6.07) is 18.9. The van der Waals surface area contributed by atoms with E-state index in [-0.39, 0.29) is 28.6 Å². The van der Waals surface area contributed by atoms with Crippen LogP contribution in [-0.4, -0.2) is 35.7 Å². The zero-order chi connectivity index (χ0) is 19.9.